The zero-order valence-electron chi connectivity index (χ0n) is 11.2. The molecule has 1 unspecified atom stereocenters. The Balaban J connectivity index is 1.95. The lowest BCUT2D eigenvalue weighted by Crippen LogP contribution is -2.15. The van der Waals surface area contributed by atoms with Gasteiger partial charge in [0.25, 0.3) is 0 Å². The maximum atomic E-state index is 13.2. The van der Waals surface area contributed by atoms with Gasteiger partial charge in [-0.2, -0.15) is 0 Å². The number of hydrogen-bond acceptors (Lipinski definition) is 1. The molecule has 1 aliphatic rings. The molecule has 3 rings (SSSR count). The number of hydrogen-bond donors (Lipinski definition) is 1. The fourth-order valence-electron chi connectivity index (χ4n) is 2.88. The summed E-state index contributed by atoms with van der Waals surface area (Å²) in [7, 11) is 0. The van der Waals surface area contributed by atoms with Crippen LogP contribution in [0.3, 0.4) is 0 Å². The SMILES string of the molecule is NC(c1ccc2c(c1)CCCC2)c1ccc(F)cc1I. The molecule has 0 radical (unpaired) electrons. The van der Waals surface area contributed by atoms with Crippen molar-refractivity contribution in [3.8, 4) is 0 Å². The monoisotopic (exact) mass is 381 g/mol. The topological polar surface area (TPSA) is 26.0 Å². The van der Waals surface area contributed by atoms with Crippen LogP contribution in [0.25, 0.3) is 0 Å². The van der Waals surface area contributed by atoms with Crippen LogP contribution in [0.4, 0.5) is 4.39 Å². The summed E-state index contributed by atoms with van der Waals surface area (Å²) in [5.74, 6) is -0.212. The minimum atomic E-state index is -0.212. The van der Waals surface area contributed by atoms with E-state index in [4.69, 9.17) is 5.73 Å². The van der Waals surface area contributed by atoms with Gasteiger partial charge in [0, 0.05) is 3.57 Å². The van der Waals surface area contributed by atoms with Crippen LogP contribution in [-0.4, -0.2) is 0 Å². The Hall–Kier alpha value is -0.940. The molecule has 3 heteroatoms. The van der Waals surface area contributed by atoms with Gasteiger partial charge in [0.2, 0.25) is 0 Å². The molecule has 0 spiro atoms. The third-order valence-electron chi connectivity index (χ3n) is 4.03. The summed E-state index contributed by atoms with van der Waals surface area (Å²) < 4.78 is 14.1. The molecular weight excluding hydrogens is 364 g/mol. The molecule has 20 heavy (non-hydrogen) atoms. The average molecular weight is 381 g/mol. The van der Waals surface area contributed by atoms with Crippen LogP contribution in [0.5, 0.6) is 0 Å². The molecule has 2 aromatic carbocycles. The minimum absolute atomic E-state index is 0.185. The highest BCUT2D eigenvalue weighted by Crippen LogP contribution is 2.29. The van der Waals surface area contributed by atoms with E-state index >= 15 is 0 Å². The van der Waals surface area contributed by atoms with E-state index in [2.05, 4.69) is 40.8 Å². The van der Waals surface area contributed by atoms with E-state index in [-0.39, 0.29) is 11.9 Å². The fraction of sp³-hybridized carbons (Fsp3) is 0.294. The largest absolute Gasteiger partial charge is 0.320 e. The maximum Gasteiger partial charge on any atom is 0.124 e. The molecular formula is C17H17FIN. The van der Waals surface area contributed by atoms with Gasteiger partial charge in [-0.25, -0.2) is 4.39 Å². The van der Waals surface area contributed by atoms with Gasteiger partial charge in [0.05, 0.1) is 6.04 Å². The van der Waals surface area contributed by atoms with Gasteiger partial charge in [-0.3, -0.25) is 0 Å². The van der Waals surface area contributed by atoms with Crippen LogP contribution < -0.4 is 5.73 Å². The molecule has 1 atom stereocenters. The van der Waals surface area contributed by atoms with Gasteiger partial charge < -0.3 is 5.73 Å². The van der Waals surface area contributed by atoms with Crippen molar-refractivity contribution in [2.24, 2.45) is 5.73 Å². The number of halogens is 2. The minimum Gasteiger partial charge on any atom is -0.320 e. The van der Waals surface area contributed by atoms with Crippen LogP contribution >= 0.6 is 22.6 Å². The average Bonchev–Trinajstić information content (AvgIpc) is 2.46. The highest BCUT2D eigenvalue weighted by Gasteiger charge is 2.16. The third-order valence-corrected chi connectivity index (χ3v) is 4.96. The zero-order chi connectivity index (χ0) is 14.1. The quantitative estimate of drug-likeness (QED) is 0.769. The normalized spacial score (nSPS) is 15.8. The molecule has 0 saturated heterocycles. The molecule has 0 bridgehead atoms. The summed E-state index contributed by atoms with van der Waals surface area (Å²) in [6.45, 7) is 0. The van der Waals surface area contributed by atoms with E-state index in [0.717, 1.165) is 21.1 Å². The van der Waals surface area contributed by atoms with Gasteiger partial charge >= 0.3 is 0 Å². The van der Waals surface area contributed by atoms with Gasteiger partial charge in [-0.05, 0) is 82.7 Å². The predicted octanol–water partition coefficient (Wildman–Crippen LogP) is 4.36. The Kier molecular flexibility index (Phi) is 4.08. The molecule has 0 amide bonds. The maximum absolute atomic E-state index is 13.2. The molecule has 0 heterocycles. The van der Waals surface area contributed by atoms with Crippen molar-refractivity contribution < 1.29 is 4.39 Å². The zero-order valence-corrected chi connectivity index (χ0v) is 13.4. The summed E-state index contributed by atoms with van der Waals surface area (Å²) in [5, 5.41) is 0. The molecule has 1 nitrogen and oxygen atoms in total. The predicted molar refractivity (Wildman–Crippen MR) is 88.2 cm³/mol. The first-order valence-corrected chi connectivity index (χ1v) is 8.05. The van der Waals surface area contributed by atoms with Gasteiger partial charge in [0.15, 0.2) is 0 Å². The van der Waals surface area contributed by atoms with Crippen molar-refractivity contribution in [1.29, 1.82) is 0 Å². The highest BCUT2D eigenvalue weighted by molar-refractivity contribution is 14.1. The number of nitrogens with two attached hydrogens (primary N) is 1. The van der Waals surface area contributed by atoms with Crippen LogP contribution in [0.1, 0.15) is 41.1 Å². The van der Waals surface area contributed by atoms with Gasteiger partial charge in [-0.1, -0.05) is 24.3 Å². The Labute approximate surface area is 132 Å². The first-order valence-electron chi connectivity index (χ1n) is 6.97. The summed E-state index contributed by atoms with van der Waals surface area (Å²) in [6, 6.07) is 11.2. The van der Waals surface area contributed by atoms with Crippen molar-refractivity contribution in [2.45, 2.75) is 31.7 Å². The lowest BCUT2D eigenvalue weighted by molar-refractivity contribution is 0.625. The molecule has 0 saturated carbocycles. The summed E-state index contributed by atoms with van der Waals surface area (Å²) in [4.78, 5) is 0. The van der Waals surface area contributed by atoms with Gasteiger partial charge in [0.1, 0.15) is 5.82 Å². The molecule has 1 aliphatic carbocycles. The van der Waals surface area contributed by atoms with Crippen LogP contribution in [-0.2, 0) is 12.8 Å². The third kappa shape index (κ3) is 2.74. The second kappa shape index (κ2) is 5.82. The Morgan fingerprint density at radius 2 is 1.75 bits per heavy atom. The molecule has 0 fully saturated rings. The number of benzene rings is 2. The van der Waals surface area contributed by atoms with E-state index in [1.54, 1.807) is 6.07 Å². The first kappa shape index (κ1) is 14.0. The van der Waals surface area contributed by atoms with E-state index in [1.165, 1.54) is 42.5 Å². The number of rotatable bonds is 2. The Bertz CT molecular complexity index is 639. The molecule has 104 valence electrons. The van der Waals surface area contributed by atoms with Crippen LogP contribution in [0, 0.1) is 9.39 Å². The smallest absolute Gasteiger partial charge is 0.124 e. The number of fused-ring (bicyclic) bond motifs is 1. The molecule has 0 aromatic heterocycles. The highest BCUT2D eigenvalue weighted by atomic mass is 127. The van der Waals surface area contributed by atoms with E-state index in [0.29, 0.717) is 0 Å². The second-order valence-electron chi connectivity index (χ2n) is 5.38. The fourth-order valence-corrected chi connectivity index (χ4v) is 3.69. The summed E-state index contributed by atoms with van der Waals surface area (Å²) >= 11 is 2.15. The molecule has 2 aromatic rings. The summed E-state index contributed by atoms with van der Waals surface area (Å²) in [6.07, 6.45) is 4.88. The van der Waals surface area contributed by atoms with E-state index in [1.807, 2.05) is 0 Å². The lowest BCUT2D eigenvalue weighted by Gasteiger charge is -2.20. The van der Waals surface area contributed by atoms with Crippen molar-refractivity contribution in [3.05, 3.63) is 68.0 Å². The van der Waals surface area contributed by atoms with E-state index < -0.39 is 0 Å². The van der Waals surface area contributed by atoms with Crippen molar-refractivity contribution in [1.82, 2.24) is 0 Å². The van der Waals surface area contributed by atoms with E-state index in [9.17, 15) is 4.39 Å². The van der Waals surface area contributed by atoms with Crippen molar-refractivity contribution in [3.63, 3.8) is 0 Å². The van der Waals surface area contributed by atoms with Crippen LogP contribution in [0.2, 0.25) is 0 Å². The Morgan fingerprint density at radius 3 is 2.50 bits per heavy atom. The molecule has 0 aliphatic heterocycles. The first-order chi connectivity index (χ1) is 9.65. The summed E-state index contributed by atoms with van der Waals surface area (Å²) in [5.41, 5.74) is 11.4. The van der Waals surface area contributed by atoms with Crippen molar-refractivity contribution in [2.75, 3.05) is 0 Å². The van der Waals surface area contributed by atoms with Gasteiger partial charge in [-0.15, -0.1) is 0 Å². The Morgan fingerprint density at radius 1 is 1.00 bits per heavy atom. The number of aryl methyl sites for hydroxylation is 2. The van der Waals surface area contributed by atoms with Crippen LogP contribution in [0.15, 0.2) is 36.4 Å². The standard InChI is InChI=1S/C17H17FIN/c18-14-7-8-15(16(19)10-14)17(20)13-6-5-11-3-1-2-4-12(11)9-13/h5-10,17H,1-4,20H2. The van der Waals surface area contributed by atoms with Crippen molar-refractivity contribution >= 4 is 22.6 Å². The second-order valence-corrected chi connectivity index (χ2v) is 6.54. The molecule has 2 N–H and O–H groups in total. The lowest BCUT2D eigenvalue weighted by atomic mass is 9.88.